The first-order valence-corrected chi connectivity index (χ1v) is 11.0. The van der Waals surface area contributed by atoms with E-state index in [0.717, 1.165) is 31.8 Å². The molecular weight excluding hydrogens is 421 g/mol. The average molecular weight is 453 g/mol. The Bertz CT molecular complexity index is 876. The van der Waals surface area contributed by atoms with Gasteiger partial charge in [-0.15, -0.1) is 0 Å². The monoisotopic (exact) mass is 452 g/mol. The smallest absolute Gasteiger partial charge is 0.379 e. The zero-order valence-electron chi connectivity index (χ0n) is 18.6. The van der Waals surface area contributed by atoms with Gasteiger partial charge in [-0.2, -0.15) is 13.2 Å². The predicted molar refractivity (Wildman–Crippen MR) is 115 cm³/mol. The Morgan fingerprint density at radius 1 is 1.25 bits per heavy atom. The Hall–Kier alpha value is -2.39. The van der Waals surface area contributed by atoms with Crippen molar-refractivity contribution in [2.75, 3.05) is 39.4 Å². The lowest BCUT2D eigenvalue weighted by Gasteiger charge is -2.30. The first kappa shape index (κ1) is 24.3. The fourth-order valence-corrected chi connectivity index (χ4v) is 3.71. The maximum atomic E-state index is 13.1. The molecule has 1 aromatic carbocycles. The van der Waals surface area contributed by atoms with Gasteiger partial charge in [0.05, 0.1) is 25.3 Å². The van der Waals surface area contributed by atoms with Crippen LogP contribution in [0.2, 0.25) is 0 Å². The number of carbonyl (C=O) groups excluding carboxylic acids is 1. The van der Waals surface area contributed by atoms with Crippen molar-refractivity contribution in [3.05, 3.63) is 53.6 Å². The van der Waals surface area contributed by atoms with Crippen LogP contribution in [0.3, 0.4) is 0 Å². The first-order valence-electron chi connectivity index (χ1n) is 11.0. The number of aromatic nitrogens is 2. The van der Waals surface area contributed by atoms with Crippen molar-refractivity contribution in [3.8, 4) is 0 Å². The molecule has 32 heavy (non-hydrogen) atoms. The van der Waals surface area contributed by atoms with Crippen molar-refractivity contribution in [1.29, 1.82) is 0 Å². The van der Waals surface area contributed by atoms with Gasteiger partial charge in [0.25, 0.3) is 0 Å². The third-order valence-corrected chi connectivity index (χ3v) is 5.47. The van der Waals surface area contributed by atoms with E-state index in [1.54, 1.807) is 27.9 Å². The molecule has 1 saturated heterocycles. The van der Waals surface area contributed by atoms with E-state index in [1.807, 2.05) is 13.8 Å². The Labute approximate surface area is 187 Å². The molecule has 1 aromatic heterocycles. The molecule has 176 valence electrons. The Balaban J connectivity index is 1.71. The molecule has 9 heteroatoms. The third-order valence-electron chi connectivity index (χ3n) is 5.47. The number of nitrogens with zero attached hydrogens (tertiary/aromatic N) is 4. The normalized spacial score (nSPS) is 15.3. The van der Waals surface area contributed by atoms with Crippen LogP contribution in [0.1, 0.15) is 37.2 Å². The minimum atomic E-state index is -4.38. The highest BCUT2D eigenvalue weighted by Gasteiger charge is 2.30. The summed E-state index contributed by atoms with van der Waals surface area (Å²) in [6.07, 6.45) is -0.580. The molecule has 0 spiro atoms. The molecule has 1 aliphatic rings. The molecule has 1 fully saturated rings. The summed E-state index contributed by atoms with van der Waals surface area (Å²) in [7, 11) is 0. The van der Waals surface area contributed by atoms with Crippen molar-refractivity contribution in [1.82, 2.24) is 19.4 Å². The lowest BCUT2D eigenvalue weighted by molar-refractivity contribution is -0.137. The summed E-state index contributed by atoms with van der Waals surface area (Å²) in [5.41, 5.74) is -0.136. The summed E-state index contributed by atoms with van der Waals surface area (Å²) in [5.74, 6) is 0.946. The van der Waals surface area contributed by atoms with Gasteiger partial charge in [0, 0.05) is 51.5 Å². The molecule has 3 rings (SSSR count). The van der Waals surface area contributed by atoms with E-state index >= 15 is 0 Å². The second kappa shape index (κ2) is 11.0. The highest BCUT2D eigenvalue weighted by Crippen LogP contribution is 2.29. The molecule has 2 aromatic rings. The number of benzene rings is 1. The number of amides is 1. The van der Waals surface area contributed by atoms with Crippen LogP contribution in [0, 0.1) is 5.92 Å². The predicted octanol–water partition coefficient (Wildman–Crippen LogP) is 3.66. The van der Waals surface area contributed by atoms with Crippen LogP contribution in [-0.2, 0) is 28.8 Å². The van der Waals surface area contributed by atoms with Crippen molar-refractivity contribution < 1.29 is 22.7 Å². The summed E-state index contributed by atoms with van der Waals surface area (Å²) < 4.78 is 46.4. The number of carbonyl (C=O) groups is 1. The van der Waals surface area contributed by atoms with Crippen LogP contribution in [-0.4, -0.2) is 64.7 Å². The number of hydrogen-bond acceptors (Lipinski definition) is 4. The molecule has 0 radical (unpaired) electrons. The summed E-state index contributed by atoms with van der Waals surface area (Å²) >= 11 is 0. The van der Waals surface area contributed by atoms with Gasteiger partial charge in [0.2, 0.25) is 5.91 Å². The second-order valence-corrected chi connectivity index (χ2v) is 8.54. The number of halogens is 3. The van der Waals surface area contributed by atoms with Gasteiger partial charge in [0.15, 0.2) is 0 Å². The topological polar surface area (TPSA) is 50.6 Å². The van der Waals surface area contributed by atoms with Crippen molar-refractivity contribution in [2.24, 2.45) is 5.92 Å². The maximum absolute atomic E-state index is 13.1. The van der Waals surface area contributed by atoms with Crippen LogP contribution < -0.4 is 0 Å². The van der Waals surface area contributed by atoms with Crippen molar-refractivity contribution >= 4 is 5.91 Å². The maximum Gasteiger partial charge on any atom is 0.416 e. The Morgan fingerprint density at radius 2 is 2.00 bits per heavy atom. The standard InChI is InChI=1S/C23H31F3N4O2/c1-18(2)14-22(31)30(9-8-28-10-12-32-13-11-28)17-21-27-6-7-29(21)16-19-4-3-5-20(15-19)23(24,25)26/h3-7,15,18H,8-14,16-17H2,1-2H3. The Kier molecular flexibility index (Phi) is 8.31. The summed E-state index contributed by atoms with van der Waals surface area (Å²) in [4.78, 5) is 21.4. The minimum absolute atomic E-state index is 0.0573. The van der Waals surface area contributed by atoms with Gasteiger partial charge in [-0.3, -0.25) is 9.69 Å². The van der Waals surface area contributed by atoms with Crippen LogP contribution in [0.5, 0.6) is 0 Å². The van der Waals surface area contributed by atoms with Crippen molar-refractivity contribution in [3.63, 3.8) is 0 Å². The van der Waals surface area contributed by atoms with E-state index in [0.29, 0.717) is 44.1 Å². The third kappa shape index (κ3) is 7.06. The quantitative estimate of drug-likeness (QED) is 0.583. The average Bonchev–Trinajstić information content (AvgIpc) is 3.17. The molecule has 6 nitrogen and oxygen atoms in total. The van der Waals surface area contributed by atoms with Gasteiger partial charge >= 0.3 is 6.18 Å². The number of alkyl halides is 3. The van der Waals surface area contributed by atoms with E-state index in [1.165, 1.54) is 6.07 Å². The summed E-state index contributed by atoms with van der Waals surface area (Å²) in [5, 5.41) is 0. The lowest BCUT2D eigenvalue weighted by Crippen LogP contribution is -2.43. The molecule has 0 unspecified atom stereocenters. The molecule has 0 atom stereocenters. The largest absolute Gasteiger partial charge is 0.416 e. The highest BCUT2D eigenvalue weighted by molar-refractivity contribution is 5.76. The highest BCUT2D eigenvalue weighted by atomic mass is 19.4. The first-order chi connectivity index (χ1) is 15.2. The van der Waals surface area contributed by atoms with Crippen LogP contribution in [0.4, 0.5) is 13.2 Å². The van der Waals surface area contributed by atoms with Crippen molar-refractivity contribution in [2.45, 2.75) is 39.5 Å². The molecule has 0 aliphatic carbocycles. The molecule has 1 amide bonds. The van der Waals surface area contributed by atoms with E-state index in [4.69, 9.17) is 4.74 Å². The molecule has 2 heterocycles. The van der Waals surface area contributed by atoms with E-state index in [9.17, 15) is 18.0 Å². The lowest BCUT2D eigenvalue weighted by atomic mass is 10.1. The summed E-state index contributed by atoms with van der Waals surface area (Å²) in [6, 6.07) is 5.30. The fourth-order valence-electron chi connectivity index (χ4n) is 3.71. The Morgan fingerprint density at radius 3 is 2.69 bits per heavy atom. The minimum Gasteiger partial charge on any atom is -0.379 e. The molecule has 0 N–H and O–H groups in total. The number of rotatable bonds is 9. The van der Waals surface area contributed by atoms with Crippen LogP contribution in [0.25, 0.3) is 0 Å². The zero-order valence-corrected chi connectivity index (χ0v) is 18.6. The second-order valence-electron chi connectivity index (χ2n) is 8.54. The van der Waals surface area contributed by atoms with Gasteiger partial charge in [-0.1, -0.05) is 26.0 Å². The van der Waals surface area contributed by atoms with E-state index in [-0.39, 0.29) is 18.4 Å². The van der Waals surface area contributed by atoms with E-state index < -0.39 is 11.7 Å². The van der Waals surface area contributed by atoms with Gasteiger partial charge in [0.1, 0.15) is 5.82 Å². The van der Waals surface area contributed by atoms with Gasteiger partial charge < -0.3 is 14.2 Å². The van der Waals surface area contributed by atoms with Crippen LogP contribution >= 0.6 is 0 Å². The molecular formula is C23H31F3N4O2. The molecule has 0 bridgehead atoms. The number of hydrogen-bond donors (Lipinski definition) is 0. The summed E-state index contributed by atoms with van der Waals surface area (Å²) in [6.45, 7) is 9.00. The number of ether oxygens (including phenoxy) is 1. The van der Waals surface area contributed by atoms with Crippen LogP contribution in [0.15, 0.2) is 36.7 Å². The number of imidazole rings is 1. The van der Waals surface area contributed by atoms with Gasteiger partial charge in [-0.25, -0.2) is 4.98 Å². The zero-order chi connectivity index (χ0) is 23.1. The SMILES string of the molecule is CC(C)CC(=O)N(CCN1CCOCC1)Cc1nccn1Cc1cccc(C(F)(F)F)c1. The number of morpholine rings is 1. The van der Waals surface area contributed by atoms with Gasteiger partial charge in [-0.05, 0) is 23.6 Å². The molecule has 1 aliphatic heterocycles. The van der Waals surface area contributed by atoms with E-state index in [2.05, 4.69) is 9.88 Å². The molecule has 0 saturated carbocycles. The fraction of sp³-hybridized carbons (Fsp3) is 0.565.